The highest BCUT2D eigenvalue weighted by Crippen LogP contribution is 2.18. The molecule has 0 aliphatic carbocycles. The molecule has 0 aliphatic heterocycles. The van der Waals surface area contributed by atoms with Crippen LogP contribution in [0.3, 0.4) is 0 Å². The van der Waals surface area contributed by atoms with Crippen molar-refractivity contribution in [2.75, 3.05) is 19.0 Å². The van der Waals surface area contributed by atoms with Crippen LogP contribution in [0.25, 0.3) is 11.0 Å². The lowest BCUT2D eigenvalue weighted by Crippen LogP contribution is -2.21. The number of anilines is 1. The van der Waals surface area contributed by atoms with Gasteiger partial charge in [-0.15, -0.1) is 0 Å². The van der Waals surface area contributed by atoms with Crippen molar-refractivity contribution in [1.29, 1.82) is 0 Å². The molecule has 0 radical (unpaired) electrons. The maximum Gasteiger partial charge on any atom is 0.163 e. The molecule has 104 valence electrons. The molecule has 0 bridgehead atoms. The van der Waals surface area contributed by atoms with E-state index in [-0.39, 0.29) is 0 Å². The molecule has 7 heteroatoms. The summed E-state index contributed by atoms with van der Waals surface area (Å²) >= 11 is 0. The molecule has 0 spiro atoms. The normalized spacial score (nSPS) is 11.4. The van der Waals surface area contributed by atoms with Crippen molar-refractivity contribution in [2.24, 2.45) is 12.9 Å². The second-order valence-corrected chi connectivity index (χ2v) is 4.73. The van der Waals surface area contributed by atoms with E-state index in [4.69, 9.17) is 5.84 Å². The second kappa shape index (κ2) is 5.94. The Morgan fingerprint density at radius 1 is 1.42 bits per heavy atom. The van der Waals surface area contributed by atoms with Crippen LogP contribution in [0.15, 0.2) is 6.20 Å². The highest BCUT2D eigenvalue weighted by Gasteiger charge is 2.11. The number of nitrogen functional groups attached to an aromatic ring is 1. The fourth-order valence-corrected chi connectivity index (χ4v) is 2.00. The Kier molecular flexibility index (Phi) is 4.28. The molecule has 2 heterocycles. The maximum atomic E-state index is 5.51. The molecule has 0 atom stereocenters. The fourth-order valence-electron chi connectivity index (χ4n) is 2.00. The van der Waals surface area contributed by atoms with Crippen LogP contribution >= 0.6 is 0 Å². The first-order valence-corrected chi connectivity index (χ1v) is 6.49. The lowest BCUT2D eigenvalue weighted by atomic mass is 10.3. The Morgan fingerprint density at radius 2 is 2.21 bits per heavy atom. The number of nitrogens with one attached hydrogen (secondary N) is 1. The van der Waals surface area contributed by atoms with Crippen LogP contribution in [-0.2, 0) is 13.6 Å². The highest BCUT2D eigenvalue weighted by atomic mass is 15.3. The van der Waals surface area contributed by atoms with E-state index < -0.39 is 0 Å². The van der Waals surface area contributed by atoms with E-state index in [1.807, 2.05) is 7.05 Å². The van der Waals surface area contributed by atoms with E-state index in [0.717, 1.165) is 23.4 Å². The first-order chi connectivity index (χ1) is 9.15. The first kappa shape index (κ1) is 13.7. The van der Waals surface area contributed by atoms with E-state index in [9.17, 15) is 0 Å². The molecule has 0 fully saturated rings. The van der Waals surface area contributed by atoms with Crippen molar-refractivity contribution < 1.29 is 0 Å². The predicted octanol–water partition coefficient (Wildman–Crippen LogP) is 0.881. The van der Waals surface area contributed by atoms with Gasteiger partial charge in [-0.1, -0.05) is 13.3 Å². The monoisotopic (exact) mass is 263 g/mol. The van der Waals surface area contributed by atoms with Crippen LogP contribution in [-0.4, -0.2) is 38.2 Å². The SMILES string of the molecule is CCCCN(C)Cc1nc(NN)c2cnn(C)c2n1. The van der Waals surface area contributed by atoms with Crippen LogP contribution in [0.1, 0.15) is 25.6 Å². The zero-order chi connectivity index (χ0) is 13.8. The molecule has 0 saturated heterocycles. The third-order valence-electron chi connectivity index (χ3n) is 3.08. The van der Waals surface area contributed by atoms with E-state index in [0.29, 0.717) is 12.4 Å². The van der Waals surface area contributed by atoms with Gasteiger partial charge in [-0.3, -0.25) is 9.58 Å². The molecular formula is C12H21N7. The summed E-state index contributed by atoms with van der Waals surface area (Å²) in [5.74, 6) is 6.89. The minimum absolute atomic E-state index is 0.622. The Morgan fingerprint density at radius 3 is 2.89 bits per heavy atom. The van der Waals surface area contributed by atoms with Gasteiger partial charge < -0.3 is 5.43 Å². The number of aromatic nitrogens is 4. The van der Waals surface area contributed by atoms with Crippen molar-refractivity contribution in [3.63, 3.8) is 0 Å². The number of fused-ring (bicyclic) bond motifs is 1. The van der Waals surface area contributed by atoms with Crippen LogP contribution < -0.4 is 11.3 Å². The van der Waals surface area contributed by atoms with Crippen LogP contribution in [0.2, 0.25) is 0 Å². The second-order valence-electron chi connectivity index (χ2n) is 4.73. The van der Waals surface area contributed by atoms with Crippen molar-refractivity contribution in [1.82, 2.24) is 24.6 Å². The lowest BCUT2D eigenvalue weighted by Gasteiger charge is -2.15. The van der Waals surface area contributed by atoms with Gasteiger partial charge >= 0.3 is 0 Å². The number of aryl methyl sites for hydroxylation is 1. The van der Waals surface area contributed by atoms with Gasteiger partial charge in [0, 0.05) is 7.05 Å². The predicted molar refractivity (Wildman–Crippen MR) is 75.4 cm³/mol. The van der Waals surface area contributed by atoms with Gasteiger partial charge in [0.15, 0.2) is 11.5 Å². The van der Waals surface area contributed by atoms with Crippen LogP contribution in [0.4, 0.5) is 5.82 Å². The number of hydrogen-bond acceptors (Lipinski definition) is 6. The molecule has 0 unspecified atom stereocenters. The van der Waals surface area contributed by atoms with Crippen molar-refractivity contribution >= 4 is 16.9 Å². The number of rotatable bonds is 6. The molecule has 0 aromatic carbocycles. The zero-order valence-corrected chi connectivity index (χ0v) is 11.7. The summed E-state index contributed by atoms with van der Waals surface area (Å²) < 4.78 is 1.73. The van der Waals surface area contributed by atoms with Gasteiger partial charge in [-0.05, 0) is 20.0 Å². The maximum absolute atomic E-state index is 5.51. The van der Waals surface area contributed by atoms with Crippen molar-refractivity contribution in [2.45, 2.75) is 26.3 Å². The topological polar surface area (TPSA) is 84.9 Å². The number of unbranched alkanes of at least 4 members (excludes halogenated alkanes) is 1. The van der Waals surface area contributed by atoms with E-state index in [2.05, 4.69) is 39.4 Å². The van der Waals surface area contributed by atoms with Gasteiger partial charge in [0.05, 0.1) is 18.1 Å². The molecule has 3 N–H and O–H groups in total. The Bertz CT molecular complexity index is 548. The summed E-state index contributed by atoms with van der Waals surface area (Å²) in [7, 11) is 3.93. The Hall–Kier alpha value is -1.73. The number of hydrazine groups is 1. The van der Waals surface area contributed by atoms with Gasteiger partial charge in [-0.25, -0.2) is 15.8 Å². The third-order valence-corrected chi connectivity index (χ3v) is 3.08. The standard InChI is InChI=1S/C12H21N7/c1-4-5-6-18(2)8-10-15-11(17-13)9-7-14-19(3)12(9)16-10/h7H,4-6,8,13H2,1-3H3,(H,15,16,17). The fraction of sp³-hybridized carbons (Fsp3) is 0.583. The summed E-state index contributed by atoms with van der Waals surface area (Å²) in [5.41, 5.74) is 3.41. The molecular weight excluding hydrogens is 242 g/mol. The molecule has 0 amide bonds. The molecule has 7 nitrogen and oxygen atoms in total. The Balaban J connectivity index is 2.25. The van der Waals surface area contributed by atoms with Crippen LogP contribution in [0, 0.1) is 0 Å². The minimum atomic E-state index is 0.622. The number of nitrogens with two attached hydrogens (primary N) is 1. The van der Waals surface area contributed by atoms with E-state index in [1.54, 1.807) is 10.9 Å². The minimum Gasteiger partial charge on any atom is -0.308 e. The molecule has 2 rings (SSSR count). The van der Waals surface area contributed by atoms with E-state index in [1.165, 1.54) is 12.8 Å². The lowest BCUT2D eigenvalue weighted by molar-refractivity contribution is 0.313. The zero-order valence-electron chi connectivity index (χ0n) is 11.7. The molecule has 19 heavy (non-hydrogen) atoms. The summed E-state index contributed by atoms with van der Waals surface area (Å²) in [4.78, 5) is 11.2. The number of nitrogens with zero attached hydrogens (tertiary/aromatic N) is 5. The summed E-state index contributed by atoms with van der Waals surface area (Å²) in [5, 5.41) is 5.02. The number of hydrogen-bond donors (Lipinski definition) is 2. The third kappa shape index (κ3) is 2.99. The molecule has 0 saturated carbocycles. The van der Waals surface area contributed by atoms with Gasteiger partial charge in [0.1, 0.15) is 5.82 Å². The van der Waals surface area contributed by atoms with Crippen LogP contribution in [0.5, 0.6) is 0 Å². The van der Waals surface area contributed by atoms with Crippen molar-refractivity contribution in [3.8, 4) is 0 Å². The average molecular weight is 263 g/mol. The van der Waals surface area contributed by atoms with Gasteiger partial charge in [-0.2, -0.15) is 5.10 Å². The molecule has 0 aliphatic rings. The summed E-state index contributed by atoms with van der Waals surface area (Å²) in [6.45, 7) is 3.92. The summed E-state index contributed by atoms with van der Waals surface area (Å²) in [6, 6.07) is 0. The first-order valence-electron chi connectivity index (χ1n) is 6.49. The molecule has 2 aromatic rings. The quantitative estimate of drug-likeness (QED) is 0.594. The van der Waals surface area contributed by atoms with Crippen molar-refractivity contribution in [3.05, 3.63) is 12.0 Å². The van der Waals surface area contributed by atoms with Gasteiger partial charge in [0.2, 0.25) is 0 Å². The smallest absolute Gasteiger partial charge is 0.163 e. The Labute approximate surface area is 112 Å². The molecule has 2 aromatic heterocycles. The van der Waals surface area contributed by atoms with Gasteiger partial charge in [0.25, 0.3) is 0 Å². The summed E-state index contributed by atoms with van der Waals surface area (Å²) in [6.07, 6.45) is 4.07. The highest BCUT2D eigenvalue weighted by molar-refractivity contribution is 5.86. The van der Waals surface area contributed by atoms with E-state index >= 15 is 0 Å². The largest absolute Gasteiger partial charge is 0.308 e. The average Bonchev–Trinajstić information content (AvgIpc) is 2.77.